The van der Waals surface area contributed by atoms with E-state index in [0.29, 0.717) is 6.42 Å². The van der Waals surface area contributed by atoms with E-state index in [-0.39, 0.29) is 12.8 Å². The lowest BCUT2D eigenvalue weighted by molar-refractivity contribution is -0.222. The first-order chi connectivity index (χ1) is 11.1. The van der Waals surface area contributed by atoms with Crippen molar-refractivity contribution in [3.63, 3.8) is 0 Å². The van der Waals surface area contributed by atoms with Crippen molar-refractivity contribution in [1.82, 2.24) is 0 Å². The van der Waals surface area contributed by atoms with E-state index in [2.05, 4.69) is 16.1 Å². The molecule has 24 heavy (non-hydrogen) atoms. The minimum Gasteiger partial charge on any atom is -0.479 e. The Hall–Kier alpha value is -2.06. The average molecular weight is 354 g/mol. The Morgan fingerprint density at radius 2 is 1.79 bits per heavy atom. The van der Waals surface area contributed by atoms with E-state index >= 15 is 0 Å². The number of ether oxygens (including phenoxy) is 2. The SMILES string of the molecule is C=C(CC(=O)OC(CCCCCC)C(F)(F)F)C(=O)OCC(=O)O. The lowest BCUT2D eigenvalue weighted by Gasteiger charge is -2.20. The Kier molecular flexibility index (Phi) is 9.75. The molecule has 9 heteroatoms. The number of carboxylic acid groups (broad SMARTS) is 1. The molecule has 0 spiro atoms. The summed E-state index contributed by atoms with van der Waals surface area (Å²) in [5.74, 6) is -3.87. The summed E-state index contributed by atoms with van der Waals surface area (Å²) < 4.78 is 47.2. The van der Waals surface area contributed by atoms with Crippen LogP contribution in [0.4, 0.5) is 13.2 Å². The maximum absolute atomic E-state index is 12.8. The number of alkyl halides is 3. The van der Waals surface area contributed by atoms with Crippen LogP contribution >= 0.6 is 0 Å². The number of aliphatic carboxylic acids is 1. The highest BCUT2D eigenvalue weighted by atomic mass is 19.4. The summed E-state index contributed by atoms with van der Waals surface area (Å²) in [6, 6.07) is 0. The Bertz CT molecular complexity index is 459. The van der Waals surface area contributed by atoms with Crippen molar-refractivity contribution in [1.29, 1.82) is 0 Å². The maximum atomic E-state index is 12.8. The van der Waals surface area contributed by atoms with Gasteiger partial charge >= 0.3 is 24.1 Å². The Labute approximate surface area is 137 Å². The van der Waals surface area contributed by atoms with E-state index in [4.69, 9.17) is 5.11 Å². The standard InChI is InChI=1S/C15H21F3O6/c1-3-4-5-6-7-11(15(16,17)18)24-13(21)8-10(2)14(22)23-9-12(19)20/h11H,2-9H2,1H3,(H,19,20). The summed E-state index contributed by atoms with van der Waals surface area (Å²) in [4.78, 5) is 33.1. The summed E-state index contributed by atoms with van der Waals surface area (Å²) in [6.07, 6.45) is -5.62. The van der Waals surface area contributed by atoms with Crippen molar-refractivity contribution in [3.8, 4) is 0 Å². The second kappa shape index (κ2) is 10.7. The summed E-state index contributed by atoms with van der Waals surface area (Å²) in [5.41, 5.74) is -0.479. The van der Waals surface area contributed by atoms with Crippen LogP contribution in [0.3, 0.4) is 0 Å². The zero-order valence-corrected chi connectivity index (χ0v) is 13.4. The van der Waals surface area contributed by atoms with Gasteiger partial charge < -0.3 is 14.6 Å². The summed E-state index contributed by atoms with van der Waals surface area (Å²) in [7, 11) is 0. The molecule has 0 aliphatic heterocycles. The molecule has 1 N–H and O–H groups in total. The maximum Gasteiger partial charge on any atom is 0.425 e. The highest BCUT2D eigenvalue weighted by Crippen LogP contribution is 2.27. The fourth-order valence-corrected chi connectivity index (χ4v) is 1.72. The highest BCUT2D eigenvalue weighted by molar-refractivity contribution is 5.94. The molecule has 0 saturated carbocycles. The van der Waals surface area contributed by atoms with E-state index in [1.54, 1.807) is 0 Å². The second-order valence-corrected chi connectivity index (χ2v) is 5.12. The van der Waals surface area contributed by atoms with Crippen LogP contribution in [-0.4, -0.2) is 41.9 Å². The first kappa shape index (κ1) is 21.9. The number of carboxylic acids is 1. The Morgan fingerprint density at radius 1 is 1.17 bits per heavy atom. The number of esters is 2. The molecular formula is C15H21F3O6. The van der Waals surface area contributed by atoms with Gasteiger partial charge in [-0.2, -0.15) is 13.2 Å². The third-order valence-electron chi connectivity index (χ3n) is 2.93. The van der Waals surface area contributed by atoms with Crippen molar-refractivity contribution < 1.29 is 42.1 Å². The van der Waals surface area contributed by atoms with E-state index in [9.17, 15) is 27.6 Å². The molecule has 0 fully saturated rings. The molecule has 1 atom stereocenters. The molecule has 0 radical (unpaired) electrons. The zero-order chi connectivity index (χ0) is 18.8. The molecular weight excluding hydrogens is 333 g/mol. The number of carbonyl (C=O) groups is 3. The Balaban J connectivity index is 4.47. The van der Waals surface area contributed by atoms with Crippen LogP contribution < -0.4 is 0 Å². The van der Waals surface area contributed by atoms with Crippen LogP contribution in [0, 0.1) is 0 Å². The molecule has 0 bridgehead atoms. The lowest BCUT2D eigenvalue weighted by Crippen LogP contribution is -2.34. The Morgan fingerprint density at radius 3 is 2.29 bits per heavy atom. The van der Waals surface area contributed by atoms with Crippen LogP contribution in [-0.2, 0) is 23.9 Å². The number of rotatable bonds is 11. The van der Waals surface area contributed by atoms with Gasteiger partial charge in [-0.15, -0.1) is 0 Å². The number of halogens is 3. The molecule has 6 nitrogen and oxygen atoms in total. The smallest absolute Gasteiger partial charge is 0.425 e. The number of hydrogen-bond acceptors (Lipinski definition) is 5. The van der Waals surface area contributed by atoms with Gasteiger partial charge in [0.15, 0.2) is 12.7 Å². The van der Waals surface area contributed by atoms with Crippen LogP contribution in [0.15, 0.2) is 12.2 Å². The monoisotopic (exact) mass is 354 g/mol. The van der Waals surface area contributed by atoms with Gasteiger partial charge in [-0.05, 0) is 12.8 Å². The molecule has 0 aliphatic carbocycles. The number of carbonyl (C=O) groups excluding carboxylic acids is 2. The van der Waals surface area contributed by atoms with Gasteiger partial charge in [0.1, 0.15) is 0 Å². The predicted molar refractivity (Wildman–Crippen MR) is 77.0 cm³/mol. The van der Waals surface area contributed by atoms with Gasteiger partial charge in [-0.3, -0.25) is 4.79 Å². The molecule has 138 valence electrons. The molecule has 0 heterocycles. The van der Waals surface area contributed by atoms with Crippen LogP contribution in [0.1, 0.15) is 45.4 Å². The van der Waals surface area contributed by atoms with Crippen molar-refractivity contribution in [2.75, 3.05) is 6.61 Å². The normalized spacial score (nSPS) is 12.3. The topological polar surface area (TPSA) is 89.9 Å². The van der Waals surface area contributed by atoms with Crippen molar-refractivity contribution in [2.45, 2.75) is 57.7 Å². The molecule has 0 aliphatic rings. The molecule has 0 aromatic rings. The van der Waals surface area contributed by atoms with E-state index in [1.165, 1.54) is 0 Å². The first-order valence-electron chi connectivity index (χ1n) is 7.40. The molecule has 0 rings (SSSR count). The minimum atomic E-state index is -4.70. The third kappa shape index (κ3) is 9.86. The summed E-state index contributed by atoms with van der Waals surface area (Å²) in [5, 5.41) is 8.33. The van der Waals surface area contributed by atoms with Gasteiger partial charge in [-0.25, -0.2) is 9.59 Å². The number of hydrogen-bond donors (Lipinski definition) is 1. The highest BCUT2D eigenvalue weighted by Gasteiger charge is 2.42. The largest absolute Gasteiger partial charge is 0.479 e. The van der Waals surface area contributed by atoms with Gasteiger partial charge in [0.25, 0.3) is 0 Å². The van der Waals surface area contributed by atoms with Crippen LogP contribution in [0.5, 0.6) is 0 Å². The van der Waals surface area contributed by atoms with Crippen molar-refractivity contribution >= 4 is 17.9 Å². The predicted octanol–water partition coefficient (Wildman–Crippen LogP) is 3.01. The second-order valence-electron chi connectivity index (χ2n) is 5.12. The fourth-order valence-electron chi connectivity index (χ4n) is 1.72. The number of unbranched alkanes of at least 4 members (excludes halogenated alkanes) is 3. The minimum absolute atomic E-state index is 0.257. The van der Waals surface area contributed by atoms with Crippen LogP contribution in [0.25, 0.3) is 0 Å². The molecule has 0 aromatic carbocycles. The molecule has 0 saturated heterocycles. The third-order valence-corrected chi connectivity index (χ3v) is 2.93. The summed E-state index contributed by atoms with van der Waals surface area (Å²) in [6.45, 7) is 4.16. The zero-order valence-electron chi connectivity index (χ0n) is 13.4. The molecule has 0 amide bonds. The van der Waals surface area contributed by atoms with Crippen molar-refractivity contribution in [2.24, 2.45) is 0 Å². The van der Waals surface area contributed by atoms with Crippen molar-refractivity contribution in [3.05, 3.63) is 12.2 Å². The summed E-state index contributed by atoms with van der Waals surface area (Å²) >= 11 is 0. The molecule has 1 unspecified atom stereocenters. The lowest BCUT2D eigenvalue weighted by atomic mass is 10.1. The van der Waals surface area contributed by atoms with Gasteiger partial charge in [0.05, 0.1) is 6.42 Å². The quantitative estimate of drug-likeness (QED) is 0.348. The molecule has 0 aromatic heterocycles. The van der Waals surface area contributed by atoms with E-state index in [1.807, 2.05) is 6.92 Å². The van der Waals surface area contributed by atoms with Crippen LogP contribution in [0.2, 0.25) is 0 Å². The van der Waals surface area contributed by atoms with E-state index in [0.717, 1.165) is 12.8 Å². The average Bonchev–Trinajstić information content (AvgIpc) is 2.46. The van der Waals surface area contributed by atoms with Gasteiger partial charge in [-0.1, -0.05) is 32.8 Å². The van der Waals surface area contributed by atoms with Gasteiger partial charge in [0.2, 0.25) is 0 Å². The first-order valence-corrected chi connectivity index (χ1v) is 7.40. The van der Waals surface area contributed by atoms with E-state index < -0.39 is 48.8 Å². The fraction of sp³-hybridized carbons (Fsp3) is 0.667. The van der Waals surface area contributed by atoms with Gasteiger partial charge in [0, 0.05) is 5.57 Å².